The molecule has 0 saturated heterocycles. The maximum atomic E-state index is 9.14. The quantitative estimate of drug-likeness (QED) is 0.774. The van der Waals surface area contributed by atoms with Crippen molar-refractivity contribution in [1.29, 1.82) is 0 Å². The van der Waals surface area contributed by atoms with Crippen LogP contribution in [0.5, 0.6) is 5.75 Å². The number of aliphatic hydroxyl groups excluding tert-OH is 1. The molecule has 3 rings (SSSR count). The van der Waals surface area contributed by atoms with Gasteiger partial charge in [0.15, 0.2) is 0 Å². The van der Waals surface area contributed by atoms with Gasteiger partial charge in [-0.05, 0) is 23.3 Å². The number of hydrogen-bond acceptors (Lipinski definition) is 5. The first kappa shape index (κ1) is 15.0. The van der Waals surface area contributed by atoms with E-state index in [2.05, 4.69) is 9.97 Å². The fourth-order valence-corrected chi connectivity index (χ4v) is 2.34. The first-order valence-corrected chi connectivity index (χ1v) is 7.16. The molecule has 0 aliphatic carbocycles. The fourth-order valence-electron chi connectivity index (χ4n) is 2.34. The van der Waals surface area contributed by atoms with Crippen molar-refractivity contribution in [3.63, 3.8) is 0 Å². The molecular weight excluding hydrogens is 290 g/mol. The number of rotatable bonds is 4. The number of methoxy groups -OCH3 is 1. The van der Waals surface area contributed by atoms with Crippen molar-refractivity contribution in [2.75, 3.05) is 12.8 Å². The van der Waals surface area contributed by atoms with E-state index in [9.17, 15) is 0 Å². The maximum Gasteiger partial charge on any atom is 0.137 e. The summed E-state index contributed by atoms with van der Waals surface area (Å²) in [6.45, 7) is 0.0174. The minimum Gasteiger partial charge on any atom is -0.495 e. The summed E-state index contributed by atoms with van der Waals surface area (Å²) in [4.78, 5) is 8.46. The number of benzene rings is 1. The van der Waals surface area contributed by atoms with E-state index >= 15 is 0 Å². The van der Waals surface area contributed by atoms with Gasteiger partial charge in [0.1, 0.15) is 11.6 Å². The standard InChI is InChI=1S/C18H17N3O2/c1-23-16-6-14(8-20-10-16)15-7-17(18(19)21-9-15)13-4-2-12(11-22)3-5-13/h2-10,22H,11H2,1H3,(H2,19,21). The van der Waals surface area contributed by atoms with E-state index in [1.807, 2.05) is 36.4 Å². The van der Waals surface area contributed by atoms with E-state index < -0.39 is 0 Å². The number of aromatic nitrogens is 2. The number of nitrogen functional groups attached to an aromatic ring is 1. The summed E-state index contributed by atoms with van der Waals surface area (Å²) in [7, 11) is 1.61. The molecule has 0 unspecified atom stereocenters. The Kier molecular flexibility index (Phi) is 4.21. The van der Waals surface area contributed by atoms with Crippen molar-refractivity contribution >= 4 is 5.82 Å². The van der Waals surface area contributed by atoms with Crippen molar-refractivity contribution in [3.8, 4) is 28.0 Å². The average Bonchev–Trinajstić information content (AvgIpc) is 2.62. The van der Waals surface area contributed by atoms with Crippen LogP contribution in [0.2, 0.25) is 0 Å². The van der Waals surface area contributed by atoms with Gasteiger partial charge in [0, 0.05) is 29.1 Å². The predicted octanol–water partition coefficient (Wildman–Crippen LogP) is 2.89. The van der Waals surface area contributed by atoms with Crippen molar-refractivity contribution in [2.24, 2.45) is 0 Å². The molecule has 5 nitrogen and oxygen atoms in total. The van der Waals surface area contributed by atoms with Gasteiger partial charge in [-0.3, -0.25) is 4.98 Å². The number of pyridine rings is 2. The van der Waals surface area contributed by atoms with Crippen molar-refractivity contribution in [2.45, 2.75) is 6.61 Å². The molecule has 0 bridgehead atoms. The lowest BCUT2D eigenvalue weighted by Gasteiger charge is -2.09. The molecule has 0 atom stereocenters. The lowest BCUT2D eigenvalue weighted by Crippen LogP contribution is -1.96. The fraction of sp³-hybridized carbons (Fsp3) is 0.111. The molecule has 1 aromatic carbocycles. The molecular formula is C18H17N3O2. The minimum atomic E-state index is 0.0174. The Morgan fingerprint density at radius 2 is 1.74 bits per heavy atom. The molecule has 23 heavy (non-hydrogen) atoms. The highest BCUT2D eigenvalue weighted by molar-refractivity contribution is 5.79. The Balaban J connectivity index is 2.04. The third-order valence-corrected chi connectivity index (χ3v) is 3.65. The molecule has 3 aromatic rings. The lowest BCUT2D eigenvalue weighted by atomic mass is 10.0. The lowest BCUT2D eigenvalue weighted by molar-refractivity contribution is 0.282. The van der Waals surface area contributed by atoms with Crippen LogP contribution in [0.1, 0.15) is 5.56 Å². The third-order valence-electron chi connectivity index (χ3n) is 3.65. The van der Waals surface area contributed by atoms with E-state index in [-0.39, 0.29) is 6.61 Å². The Labute approximate surface area is 134 Å². The van der Waals surface area contributed by atoms with E-state index in [0.717, 1.165) is 27.8 Å². The molecule has 0 fully saturated rings. The smallest absolute Gasteiger partial charge is 0.137 e. The number of aliphatic hydroxyl groups is 1. The Morgan fingerprint density at radius 3 is 2.43 bits per heavy atom. The molecule has 5 heteroatoms. The monoisotopic (exact) mass is 307 g/mol. The first-order chi connectivity index (χ1) is 11.2. The van der Waals surface area contributed by atoms with Gasteiger partial charge in [0.05, 0.1) is 19.9 Å². The van der Waals surface area contributed by atoms with E-state index in [0.29, 0.717) is 11.6 Å². The van der Waals surface area contributed by atoms with Gasteiger partial charge < -0.3 is 15.6 Å². The van der Waals surface area contributed by atoms with Gasteiger partial charge in [-0.2, -0.15) is 0 Å². The topological polar surface area (TPSA) is 81.3 Å². The van der Waals surface area contributed by atoms with Gasteiger partial charge in [0.25, 0.3) is 0 Å². The molecule has 2 aromatic heterocycles. The van der Waals surface area contributed by atoms with E-state index in [4.69, 9.17) is 15.6 Å². The normalized spacial score (nSPS) is 10.5. The summed E-state index contributed by atoms with van der Waals surface area (Å²) in [6.07, 6.45) is 5.13. The summed E-state index contributed by atoms with van der Waals surface area (Å²) in [5.74, 6) is 1.15. The van der Waals surface area contributed by atoms with Gasteiger partial charge in [-0.1, -0.05) is 24.3 Å². The zero-order chi connectivity index (χ0) is 16.2. The molecule has 0 aliphatic rings. The van der Waals surface area contributed by atoms with Crippen LogP contribution in [-0.4, -0.2) is 22.2 Å². The van der Waals surface area contributed by atoms with Crippen LogP contribution < -0.4 is 10.5 Å². The van der Waals surface area contributed by atoms with E-state index in [1.54, 1.807) is 25.7 Å². The molecule has 0 amide bonds. The molecule has 116 valence electrons. The van der Waals surface area contributed by atoms with Crippen molar-refractivity contribution in [1.82, 2.24) is 9.97 Å². The van der Waals surface area contributed by atoms with E-state index in [1.165, 1.54) is 0 Å². The van der Waals surface area contributed by atoms with Gasteiger partial charge in [-0.15, -0.1) is 0 Å². The summed E-state index contributed by atoms with van der Waals surface area (Å²) in [5, 5.41) is 9.14. The zero-order valence-electron chi connectivity index (χ0n) is 12.7. The number of hydrogen-bond donors (Lipinski definition) is 2. The third kappa shape index (κ3) is 3.14. The van der Waals surface area contributed by atoms with Gasteiger partial charge in [-0.25, -0.2) is 4.98 Å². The van der Waals surface area contributed by atoms with Crippen LogP contribution >= 0.6 is 0 Å². The highest BCUT2D eigenvalue weighted by Crippen LogP contribution is 2.30. The highest BCUT2D eigenvalue weighted by Gasteiger charge is 2.08. The second-order valence-electron chi connectivity index (χ2n) is 5.13. The Morgan fingerprint density at radius 1 is 1.00 bits per heavy atom. The second kappa shape index (κ2) is 6.46. The van der Waals surface area contributed by atoms with Gasteiger partial charge in [0.2, 0.25) is 0 Å². The van der Waals surface area contributed by atoms with Crippen LogP contribution in [0.3, 0.4) is 0 Å². The molecule has 0 aliphatic heterocycles. The van der Waals surface area contributed by atoms with Crippen molar-refractivity contribution < 1.29 is 9.84 Å². The van der Waals surface area contributed by atoms with Crippen LogP contribution in [0.25, 0.3) is 22.3 Å². The van der Waals surface area contributed by atoms with Crippen LogP contribution in [0.15, 0.2) is 55.0 Å². The van der Waals surface area contributed by atoms with Crippen LogP contribution in [0.4, 0.5) is 5.82 Å². The predicted molar refractivity (Wildman–Crippen MR) is 89.8 cm³/mol. The molecule has 0 radical (unpaired) electrons. The summed E-state index contributed by atoms with van der Waals surface area (Å²) < 4.78 is 5.21. The summed E-state index contributed by atoms with van der Waals surface area (Å²) in [6, 6.07) is 11.5. The number of anilines is 1. The zero-order valence-corrected chi connectivity index (χ0v) is 12.7. The Hall–Kier alpha value is -2.92. The van der Waals surface area contributed by atoms with Crippen LogP contribution in [0, 0.1) is 0 Å². The SMILES string of the molecule is COc1cncc(-c2cnc(N)c(-c3ccc(CO)cc3)c2)c1. The number of ether oxygens (including phenoxy) is 1. The largest absolute Gasteiger partial charge is 0.495 e. The molecule has 0 saturated carbocycles. The number of nitrogens with zero attached hydrogens (tertiary/aromatic N) is 2. The molecule has 2 heterocycles. The number of nitrogens with two attached hydrogens (primary N) is 1. The average molecular weight is 307 g/mol. The summed E-state index contributed by atoms with van der Waals surface area (Å²) in [5.41, 5.74) is 10.5. The second-order valence-corrected chi connectivity index (χ2v) is 5.13. The first-order valence-electron chi connectivity index (χ1n) is 7.16. The maximum absolute atomic E-state index is 9.14. The summed E-state index contributed by atoms with van der Waals surface area (Å²) >= 11 is 0. The minimum absolute atomic E-state index is 0.0174. The Bertz CT molecular complexity index is 817. The van der Waals surface area contributed by atoms with Gasteiger partial charge >= 0.3 is 0 Å². The molecule has 3 N–H and O–H groups in total. The molecule has 0 spiro atoms. The van der Waals surface area contributed by atoms with Crippen molar-refractivity contribution in [3.05, 3.63) is 60.6 Å². The van der Waals surface area contributed by atoms with Crippen LogP contribution in [-0.2, 0) is 6.61 Å². The highest BCUT2D eigenvalue weighted by atomic mass is 16.5.